The van der Waals surface area contributed by atoms with Gasteiger partial charge in [-0.25, -0.2) is 13.2 Å². The molecule has 0 aliphatic heterocycles. The Morgan fingerprint density at radius 2 is 1.80 bits per heavy atom. The average molecular weight is 237 g/mol. The molecule has 0 bridgehead atoms. The van der Waals surface area contributed by atoms with Gasteiger partial charge in [0.15, 0.2) is 0 Å². The number of carbonyl (C=O) groups excluding carboxylic acids is 1. The molecule has 5 heteroatoms. The molecule has 0 saturated carbocycles. The largest absolute Gasteiger partial charge is 0.281 e. The first kappa shape index (κ1) is 12.0. The van der Waals surface area contributed by atoms with E-state index >= 15 is 0 Å². The van der Waals surface area contributed by atoms with Crippen molar-refractivity contribution in [2.24, 2.45) is 0 Å². The summed E-state index contributed by atoms with van der Waals surface area (Å²) in [7, 11) is 0. The van der Waals surface area contributed by atoms with Crippen molar-refractivity contribution in [3.63, 3.8) is 0 Å². The van der Waals surface area contributed by atoms with Crippen LogP contribution in [0.2, 0.25) is 0 Å². The van der Waals surface area contributed by atoms with Gasteiger partial charge in [-0.3, -0.25) is 4.79 Å². The van der Waals surface area contributed by atoms with Crippen molar-refractivity contribution >= 4 is 16.8 Å². The lowest BCUT2D eigenvalue weighted by atomic mass is 9.97. The van der Waals surface area contributed by atoms with Gasteiger partial charge in [0.05, 0.1) is 5.92 Å². The van der Waals surface area contributed by atoms with Crippen molar-refractivity contribution in [3.8, 4) is 0 Å². The second kappa shape index (κ2) is 5.16. The molecule has 0 aliphatic rings. The molecule has 1 nitrogen and oxygen atoms in total. The van der Waals surface area contributed by atoms with Crippen molar-refractivity contribution in [2.75, 3.05) is 0 Å². The van der Waals surface area contributed by atoms with E-state index in [1.165, 1.54) is 12.1 Å². The van der Waals surface area contributed by atoms with Gasteiger partial charge in [0.2, 0.25) is 11.7 Å². The van der Waals surface area contributed by atoms with Gasteiger partial charge in [-0.15, -0.1) is 0 Å². The van der Waals surface area contributed by atoms with Crippen LogP contribution in [0.5, 0.6) is 0 Å². The molecular weight excluding hydrogens is 229 g/mol. The summed E-state index contributed by atoms with van der Waals surface area (Å²) in [5.41, 5.74) is 0.209. The number of hydrogen-bond acceptors (Lipinski definition) is 1. The van der Waals surface area contributed by atoms with Crippen LogP contribution in [0.3, 0.4) is 0 Å². The van der Waals surface area contributed by atoms with Gasteiger partial charge < -0.3 is 0 Å². The zero-order valence-corrected chi connectivity index (χ0v) is 8.35. The normalized spacial score (nSPS) is 12.9. The van der Waals surface area contributed by atoms with Crippen molar-refractivity contribution in [2.45, 2.75) is 18.8 Å². The molecule has 1 unspecified atom stereocenters. The minimum Gasteiger partial charge on any atom is -0.281 e. The minimum atomic E-state index is -2.70. The molecule has 0 aromatic heterocycles. The highest BCUT2D eigenvalue weighted by atomic mass is 35.5. The Balaban J connectivity index is 2.88. The second-order valence-corrected chi connectivity index (χ2v) is 3.47. The zero-order chi connectivity index (χ0) is 11.4. The highest BCUT2D eigenvalue weighted by molar-refractivity contribution is 6.63. The Morgan fingerprint density at radius 1 is 1.27 bits per heavy atom. The third-order valence-corrected chi connectivity index (χ3v) is 2.14. The fourth-order valence-corrected chi connectivity index (χ4v) is 1.40. The van der Waals surface area contributed by atoms with Gasteiger partial charge in [0.1, 0.15) is 5.82 Å². The molecule has 1 atom stereocenters. The number of alkyl halides is 2. The number of hydrogen-bond donors (Lipinski definition) is 0. The molecule has 0 fully saturated rings. The fraction of sp³-hybridized carbons (Fsp3) is 0.300. The lowest BCUT2D eigenvalue weighted by Gasteiger charge is -2.13. The molecule has 0 spiro atoms. The summed E-state index contributed by atoms with van der Waals surface area (Å²) in [6.07, 6.45) is -3.15. The van der Waals surface area contributed by atoms with Gasteiger partial charge in [-0.2, -0.15) is 0 Å². The third kappa shape index (κ3) is 3.55. The number of carbonyl (C=O) groups is 1. The Bertz CT molecular complexity index is 337. The lowest BCUT2D eigenvalue weighted by Crippen LogP contribution is -2.12. The maximum absolute atomic E-state index is 12.5. The highest BCUT2D eigenvalue weighted by Gasteiger charge is 2.24. The quantitative estimate of drug-likeness (QED) is 0.733. The van der Waals surface area contributed by atoms with Crippen LogP contribution in [0.4, 0.5) is 13.2 Å². The van der Waals surface area contributed by atoms with E-state index < -0.39 is 29.8 Å². The second-order valence-electron chi connectivity index (χ2n) is 3.05. The number of rotatable bonds is 4. The molecule has 0 heterocycles. The first-order chi connectivity index (χ1) is 7.00. The molecule has 82 valence electrons. The molecule has 1 aromatic rings. The summed E-state index contributed by atoms with van der Waals surface area (Å²) >= 11 is 5.05. The van der Waals surface area contributed by atoms with Crippen molar-refractivity contribution in [3.05, 3.63) is 35.6 Å². The fourth-order valence-electron chi connectivity index (χ4n) is 1.24. The summed E-state index contributed by atoms with van der Waals surface area (Å²) in [5.74, 6) is -1.78. The summed E-state index contributed by atoms with van der Waals surface area (Å²) in [6.45, 7) is 0. The summed E-state index contributed by atoms with van der Waals surface area (Å²) in [5, 5.41) is -0.829. The van der Waals surface area contributed by atoms with Crippen LogP contribution in [0.1, 0.15) is 17.9 Å². The topological polar surface area (TPSA) is 17.1 Å². The Hall–Kier alpha value is -1.03. The van der Waals surface area contributed by atoms with Crippen molar-refractivity contribution in [1.29, 1.82) is 0 Å². The van der Waals surface area contributed by atoms with Crippen LogP contribution >= 0.6 is 11.6 Å². The molecule has 0 amide bonds. The molecule has 0 aliphatic carbocycles. The summed E-state index contributed by atoms with van der Waals surface area (Å²) in [6, 6.07) is 4.60. The number of halogens is 4. The van der Waals surface area contributed by atoms with Gasteiger partial charge >= 0.3 is 0 Å². The third-order valence-electron chi connectivity index (χ3n) is 1.98. The van der Waals surface area contributed by atoms with Crippen LogP contribution < -0.4 is 0 Å². The maximum Gasteiger partial charge on any atom is 0.245 e. The zero-order valence-electron chi connectivity index (χ0n) is 7.59. The van der Waals surface area contributed by atoms with E-state index in [0.29, 0.717) is 0 Å². The SMILES string of the molecule is O=C(Cl)CC(c1ccc(F)cc1)C(F)F. The predicted molar refractivity (Wildman–Crippen MR) is 50.6 cm³/mol. The standard InChI is InChI=1S/C10H8ClF3O/c11-9(15)5-8(10(13)14)6-1-3-7(12)4-2-6/h1-4,8,10H,5H2. The Morgan fingerprint density at radius 3 is 2.20 bits per heavy atom. The molecule has 0 radical (unpaired) electrons. The van der Waals surface area contributed by atoms with Crippen molar-refractivity contribution < 1.29 is 18.0 Å². The monoisotopic (exact) mass is 236 g/mol. The van der Waals surface area contributed by atoms with Crippen LogP contribution in [0.25, 0.3) is 0 Å². The molecule has 1 rings (SSSR count). The molecule has 1 aromatic carbocycles. The van der Waals surface area contributed by atoms with E-state index in [2.05, 4.69) is 0 Å². The van der Waals surface area contributed by atoms with Gasteiger partial charge in [-0.1, -0.05) is 12.1 Å². The highest BCUT2D eigenvalue weighted by Crippen LogP contribution is 2.27. The van der Waals surface area contributed by atoms with Crippen LogP contribution in [0.15, 0.2) is 24.3 Å². The van der Waals surface area contributed by atoms with E-state index in [9.17, 15) is 18.0 Å². The van der Waals surface area contributed by atoms with E-state index in [-0.39, 0.29) is 5.56 Å². The van der Waals surface area contributed by atoms with Crippen LogP contribution in [0, 0.1) is 5.82 Å². The Kier molecular flexibility index (Phi) is 4.15. The van der Waals surface area contributed by atoms with Crippen LogP contribution in [-0.2, 0) is 4.79 Å². The Labute approximate surface area is 89.9 Å². The van der Waals surface area contributed by atoms with E-state index in [1.807, 2.05) is 0 Å². The molecule has 0 saturated heterocycles. The maximum atomic E-state index is 12.5. The average Bonchev–Trinajstić information content (AvgIpc) is 2.15. The summed E-state index contributed by atoms with van der Waals surface area (Å²) < 4.78 is 37.6. The van der Waals surface area contributed by atoms with E-state index in [4.69, 9.17) is 11.6 Å². The molecule has 15 heavy (non-hydrogen) atoms. The smallest absolute Gasteiger partial charge is 0.245 e. The van der Waals surface area contributed by atoms with Gasteiger partial charge in [-0.05, 0) is 29.3 Å². The molecule has 0 N–H and O–H groups in total. The minimum absolute atomic E-state index is 0.209. The summed E-state index contributed by atoms with van der Waals surface area (Å²) in [4.78, 5) is 10.6. The lowest BCUT2D eigenvalue weighted by molar-refractivity contribution is -0.112. The molecular formula is C10H8ClF3O. The van der Waals surface area contributed by atoms with E-state index in [0.717, 1.165) is 12.1 Å². The van der Waals surface area contributed by atoms with E-state index in [1.54, 1.807) is 0 Å². The first-order valence-electron chi connectivity index (χ1n) is 4.22. The predicted octanol–water partition coefficient (Wildman–Crippen LogP) is 3.33. The van der Waals surface area contributed by atoms with Crippen LogP contribution in [-0.4, -0.2) is 11.7 Å². The number of benzene rings is 1. The van der Waals surface area contributed by atoms with Crippen molar-refractivity contribution in [1.82, 2.24) is 0 Å². The first-order valence-corrected chi connectivity index (χ1v) is 4.60. The van der Waals surface area contributed by atoms with Gasteiger partial charge in [0.25, 0.3) is 0 Å². The van der Waals surface area contributed by atoms with Gasteiger partial charge in [0, 0.05) is 6.42 Å².